The first-order chi connectivity index (χ1) is 11.6. The molecule has 0 spiro atoms. The number of thiazole rings is 1. The van der Waals surface area contributed by atoms with Gasteiger partial charge in [-0.3, -0.25) is 9.69 Å². The number of rotatable bonds is 4. The minimum Gasteiger partial charge on any atom is -0.284 e. The van der Waals surface area contributed by atoms with Crippen molar-refractivity contribution >= 4 is 22.4 Å². The van der Waals surface area contributed by atoms with Gasteiger partial charge in [0.15, 0.2) is 5.13 Å². The van der Waals surface area contributed by atoms with E-state index in [9.17, 15) is 9.18 Å². The summed E-state index contributed by atoms with van der Waals surface area (Å²) in [5, 5.41) is 2.55. The van der Waals surface area contributed by atoms with Crippen LogP contribution in [0.5, 0.6) is 0 Å². The molecule has 3 nitrogen and oxygen atoms in total. The largest absolute Gasteiger partial charge is 0.284 e. The Labute approximate surface area is 144 Å². The number of aryl methyl sites for hydroxylation is 1. The Hall–Kier alpha value is -2.53. The van der Waals surface area contributed by atoms with Crippen LogP contribution in [0.2, 0.25) is 0 Å². The number of nitrogens with zero attached hydrogens (tertiary/aromatic N) is 2. The lowest BCUT2D eigenvalue weighted by molar-refractivity contribution is 0.0988. The Balaban J connectivity index is 1.89. The summed E-state index contributed by atoms with van der Waals surface area (Å²) in [5.41, 5.74) is 3.35. The third kappa shape index (κ3) is 3.36. The monoisotopic (exact) mass is 340 g/mol. The lowest BCUT2D eigenvalue weighted by Crippen LogP contribution is -2.30. The average Bonchev–Trinajstić information content (AvgIpc) is 3.06. The van der Waals surface area contributed by atoms with Crippen LogP contribution < -0.4 is 4.90 Å². The molecule has 0 radical (unpaired) electrons. The molecule has 1 amide bonds. The molecule has 0 bridgehead atoms. The molecule has 2 aromatic carbocycles. The second-order valence-corrected chi connectivity index (χ2v) is 6.28. The molecule has 0 saturated carbocycles. The van der Waals surface area contributed by atoms with Crippen molar-refractivity contribution in [3.05, 3.63) is 70.9 Å². The van der Waals surface area contributed by atoms with Crippen LogP contribution in [0.1, 0.15) is 22.8 Å². The fourth-order valence-electron chi connectivity index (χ4n) is 2.39. The lowest BCUT2D eigenvalue weighted by atomic mass is 10.1. The van der Waals surface area contributed by atoms with Gasteiger partial charge in [-0.15, -0.1) is 11.3 Å². The van der Waals surface area contributed by atoms with E-state index in [0.29, 0.717) is 17.2 Å². The van der Waals surface area contributed by atoms with Gasteiger partial charge in [0.2, 0.25) is 0 Å². The highest BCUT2D eigenvalue weighted by atomic mass is 32.1. The third-order valence-electron chi connectivity index (χ3n) is 3.70. The summed E-state index contributed by atoms with van der Waals surface area (Å²) in [7, 11) is 0. The maximum Gasteiger partial charge on any atom is 0.260 e. The number of hydrogen-bond donors (Lipinski definition) is 0. The zero-order chi connectivity index (χ0) is 17.1. The summed E-state index contributed by atoms with van der Waals surface area (Å²) in [5.74, 6) is -0.668. The van der Waals surface area contributed by atoms with E-state index >= 15 is 0 Å². The molecule has 1 heterocycles. The number of hydrogen-bond acceptors (Lipinski definition) is 3. The van der Waals surface area contributed by atoms with Gasteiger partial charge in [-0.2, -0.15) is 0 Å². The van der Waals surface area contributed by atoms with E-state index in [0.717, 1.165) is 11.3 Å². The SMILES string of the molecule is CCN(C(=O)c1cccc(F)c1)c1nc(-c2ccc(C)cc2)cs1. The molecule has 122 valence electrons. The number of anilines is 1. The molecule has 0 unspecified atom stereocenters. The molecule has 3 aromatic rings. The van der Waals surface area contributed by atoms with E-state index in [1.807, 2.05) is 43.5 Å². The number of benzene rings is 2. The summed E-state index contributed by atoms with van der Waals surface area (Å²) in [6.45, 7) is 4.38. The quantitative estimate of drug-likeness (QED) is 0.675. The molecule has 0 aliphatic heterocycles. The van der Waals surface area contributed by atoms with E-state index in [1.54, 1.807) is 11.0 Å². The smallest absolute Gasteiger partial charge is 0.260 e. The minimum absolute atomic E-state index is 0.248. The van der Waals surface area contributed by atoms with Gasteiger partial charge >= 0.3 is 0 Å². The van der Waals surface area contributed by atoms with Crippen molar-refractivity contribution in [2.75, 3.05) is 11.4 Å². The van der Waals surface area contributed by atoms with Gasteiger partial charge in [0, 0.05) is 23.1 Å². The fraction of sp³-hybridized carbons (Fsp3) is 0.158. The predicted molar refractivity (Wildman–Crippen MR) is 96.0 cm³/mol. The highest BCUT2D eigenvalue weighted by Gasteiger charge is 2.19. The van der Waals surface area contributed by atoms with Crippen LogP contribution in [0.3, 0.4) is 0 Å². The first kappa shape index (κ1) is 16.3. The maximum atomic E-state index is 13.4. The Kier molecular flexibility index (Phi) is 4.71. The van der Waals surface area contributed by atoms with Crippen molar-refractivity contribution in [1.82, 2.24) is 4.98 Å². The average molecular weight is 340 g/mol. The van der Waals surface area contributed by atoms with Crippen LogP contribution in [0, 0.1) is 12.7 Å². The second-order valence-electron chi connectivity index (χ2n) is 5.44. The van der Waals surface area contributed by atoms with Gasteiger partial charge in [-0.1, -0.05) is 35.9 Å². The third-order valence-corrected chi connectivity index (χ3v) is 4.57. The fourth-order valence-corrected chi connectivity index (χ4v) is 3.28. The Morgan fingerprint density at radius 2 is 1.96 bits per heavy atom. The zero-order valence-electron chi connectivity index (χ0n) is 13.5. The number of aromatic nitrogens is 1. The van der Waals surface area contributed by atoms with Crippen LogP contribution in [0.15, 0.2) is 53.9 Å². The summed E-state index contributed by atoms with van der Waals surface area (Å²) >= 11 is 1.41. The molecule has 1 aromatic heterocycles. The van der Waals surface area contributed by atoms with Crippen molar-refractivity contribution in [2.45, 2.75) is 13.8 Å². The van der Waals surface area contributed by atoms with Crippen molar-refractivity contribution in [3.8, 4) is 11.3 Å². The van der Waals surface area contributed by atoms with E-state index in [4.69, 9.17) is 0 Å². The molecule has 0 N–H and O–H groups in total. The zero-order valence-corrected chi connectivity index (χ0v) is 14.3. The van der Waals surface area contributed by atoms with Gasteiger partial charge < -0.3 is 0 Å². The van der Waals surface area contributed by atoms with Crippen LogP contribution in [0.25, 0.3) is 11.3 Å². The standard InChI is InChI=1S/C19H17FN2OS/c1-3-22(18(23)15-5-4-6-16(20)11-15)19-21-17(12-24-19)14-9-7-13(2)8-10-14/h4-12H,3H2,1-2H3. The van der Waals surface area contributed by atoms with Crippen molar-refractivity contribution < 1.29 is 9.18 Å². The van der Waals surface area contributed by atoms with Crippen LogP contribution >= 0.6 is 11.3 Å². The van der Waals surface area contributed by atoms with Gasteiger partial charge in [0.1, 0.15) is 5.82 Å². The van der Waals surface area contributed by atoms with Crippen LogP contribution in [0.4, 0.5) is 9.52 Å². The second kappa shape index (κ2) is 6.93. The van der Waals surface area contributed by atoms with Crippen LogP contribution in [-0.4, -0.2) is 17.4 Å². The first-order valence-corrected chi connectivity index (χ1v) is 8.56. The first-order valence-electron chi connectivity index (χ1n) is 7.68. The highest BCUT2D eigenvalue weighted by molar-refractivity contribution is 7.14. The molecular weight excluding hydrogens is 323 g/mol. The number of carbonyl (C=O) groups is 1. The van der Waals surface area contributed by atoms with Gasteiger partial charge in [0.05, 0.1) is 5.69 Å². The van der Waals surface area contributed by atoms with Crippen molar-refractivity contribution in [3.63, 3.8) is 0 Å². The van der Waals surface area contributed by atoms with Gasteiger partial charge in [-0.05, 0) is 32.0 Å². The van der Waals surface area contributed by atoms with Gasteiger partial charge in [-0.25, -0.2) is 9.37 Å². The summed E-state index contributed by atoms with van der Waals surface area (Å²) in [6, 6.07) is 13.8. The molecule has 0 fully saturated rings. The molecule has 24 heavy (non-hydrogen) atoms. The van der Waals surface area contributed by atoms with Crippen LogP contribution in [-0.2, 0) is 0 Å². The van der Waals surface area contributed by atoms with E-state index < -0.39 is 5.82 Å². The molecular formula is C19H17FN2OS. The Morgan fingerprint density at radius 3 is 2.62 bits per heavy atom. The molecule has 0 saturated heterocycles. The molecule has 0 aliphatic rings. The number of halogens is 1. The normalized spacial score (nSPS) is 10.6. The number of amides is 1. The molecule has 0 atom stereocenters. The van der Waals surface area contributed by atoms with E-state index in [-0.39, 0.29) is 5.91 Å². The van der Waals surface area contributed by atoms with E-state index in [2.05, 4.69) is 4.98 Å². The molecule has 3 rings (SSSR count). The van der Waals surface area contributed by atoms with Crippen molar-refractivity contribution in [1.29, 1.82) is 0 Å². The highest BCUT2D eigenvalue weighted by Crippen LogP contribution is 2.28. The summed E-state index contributed by atoms with van der Waals surface area (Å²) in [6.07, 6.45) is 0. The van der Waals surface area contributed by atoms with Crippen molar-refractivity contribution in [2.24, 2.45) is 0 Å². The maximum absolute atomic E-state index is 13.4. The summed E-state index contributed by atoms with van der Waals surface area (Å²) < 4.78 is 13.4. The summed E-state index contributed by atoms with van der Waals surface area (Å²) in [4.78, 5) is 18.8. The minimum atomic E-state index is -0.420. The number of carbonyl (C=O) groups excluding carboxylic acids is 1. The molecule has 0 aliphatic carbocycles. The van der Waals surface area contributed by atoms with Gasteiger partial charge in [0.25, 0.3) is 5.91 Å². The van der Waals surface area contributed by atoms with E-state index in [1.165, 1.54) is 35.1 Å². The predicted octanol–water partition coefficient (Wildman–Crippen LogP) is 4.92. The lowest BCUT2D eigenvalue weighted by Gasteiger charge is -2.17. The molecule has 5 heteroatoms. The topological polar surface area (TPSA) is 33.2 Å². The Bertz CT molecular complexity index is 858. The Morgan fingerprint density at radius 1 is 1.21 bits per heavy atom.